The quantitative estimate of drug-likeness (QED) is 0.696. The second kappa shape index (κ2) is 6.00. The average Bonchev–Trinajstić information content (AvgIpc) is 2.93. The van der Waals surface area contributed by atoms with Gasteiger partial charge in [-0.25, -0.2) is 9.36 Å². The number of hydrogen-bond acceptors (Lipinski definition) is 4. The van der Waals surface area contributed by atoms with Gasteiger partial charge in [0.2, 0.25) is 0 Å². The first-order valence-electron chi connectivity index (χ1n) is 7.72. The molecule has 0 aliphatic heterocycles. The summed E-state index contributed by atoms with van der Waals surface area (Å²) in [5, 5.41) is 0.883. The minimum absolute atomic E-state index is 0.408. The van der Waals surface area contributed by atoms with E-state index in [4.69, 9.17) is 9.47 Å². The molecule has 124 valence electrons. The molecule has 3 rings (SSSR count). The molecular weight excluding hydrogens is 304 g/mol. The standard InChI is InChI=1S/C19H20N2O3/c1-19(2,3)24-18(22)21-16-9-10-20-12-14(16)11-17(21)13-5-7-15(23-4)8-6-13/h5-12H,1-4H3. The first-order valence-corrected chi connectivity index (χ1v) is 7.72. The van der Waals surface area contributed by atoms with E-state index in [-0.39, 0.29) is 0 Å². The molecule has 2 heterocycles. The summed E-state index contributed by atoms with van der Waals surface area (Å²) < 4.78 is 12.4. The molecule has 0 unspecified atom stereocenters. The fraction of sp³-hybridized carbons (Fsp3) is 0.263. The number of carbonyl (C=O) groups is 1. The van der Waals surface area contributed by atoms with Crippen molar-refractivity contribution in [2.75, 3.05) is 7.11 Å². The van der Waals surface area contributed by atoms with Gasteiger partial charge in [-0.15, -0.1) is 0 Å². The predicted octanol–water partition coefficient (Wildman–Crippen LogP) is 4.50. The number of fused-ring (bicyclic) bond motifs is 1. The molecular formula is C19H20N2O3. The van der Waals surface area contributed by atoms with Crippen molar-refractivity contribution < 1.29 is 14.3 Å². The lowest BCUT2D eigenvalue weighted by Crippen LogP contribution is -2.27. The fourth-order valence-corrected chi connectivity index (χ4v) is 2.53. The lowest BCUT2D eigenvalue weighted by molar-refractivity contribution is 0.0547. The third kappa shape index (κ3) is 3.11. The van der Waals surface area contributed by atoms with Crippen LogP contribution >= 0.6 is 0 Å². The number of hydrogen-bond donors (Lipinski definition) is 0. The van der Waals surface area contributed by atoms with Crippen LogP contribution in [0.15, 0.2) is 48.8 Å². The maximum atomic E-state index is 12.7. The Morgan fingerprint density at radius 3 is 2.46 bits per heavy atom. The first kappa shape index (κ1) is 16.1. The number of aromatic nitrogens is 2. The number of carbonyl (C=O) groups excluding carboxylic acids is 1. The van der Waals surface area contributed by atoms with Crippen LogP contribution in [0.2, 0.25) is 0 Å². The van der Waals surface area contributed by atoms with E-state index in [9.17, 15) is 4.79 Å². The van der Waals surface area contributed by atoms with E-state index in [0.29, 0.717) is 0 Å². The van der Waals surface area contributed by atoms with Gasteiger partial charge in [-0.2, -0.15) is 0 Å². The summed E-state index contributed by atoms with van der Waals surface area (Å²) in [5.74, 6) is 0.764. The largest absolute Gasteiger partial charge is 0.497 e. The predicted molar refractivity (Wildman–Crippen MR) is 93.4 cm³/mol. The van der Waals surface area contributed by atoms with Crippen LogP contribution in [0.5, 0.6) is 5.75 Å². The molecule has 2 aromatic heterocycles. The Morgan fingerprint density at radius 1 is 1.12 bits per heavy atom. The van der Waals surface area contributed by atoms with Gasteiger partial charge in [-0.1, -0.05) is 0 Å². The van der Waals surface area contributed by atoms with Crippen LogP contribution in [0.4, 0.5) is 4.79 Å². The molecule has 0 bridgehead atoms. The molecule has 0 atom stereocenters. The Morgan fingerprint density at radius 2 is 1.83 bits per heavy atom. The summed E-state index contributed by atoms with van der Waals surface area (Å²) in [6, 6.07) is 11.3. The number of rotatable bonds is 2. The molecule has 5 nitrogen and oxygen atoms in total. The van der Waals surface area contributed by atoms with Crippen LogP contribution in [0.1, 0.15) is 20.8 Å². The van der Waals surface area contributed by atoms with Gasteiger partial charge >= 0.3 is 6.09 Å². The van der Waals surface area contributed by atoms with Gasteiger partial charge in [0, 0.05) is 17.8 Å². The highest BCUT2D eigenvalue weighted by Gasteiger charge is 2.22. The summed E-state index contributed by atoms with van der Waals surface area (Å²) in [5.41, 5.74) is 1.86. The molecule has 0 saturated carbocycles. The van der Waals surface area contributed by atoms with Crippen LogP contribution < -0.4 is 4.74 Å². The van der Waals surface area contributed by atoms with Gasteiger partial charge in [0.05, 0.1) is 18.3 Å². The lowest BCUT2D eigenvalue weighted by Gasteiger charge is -2.21. The van der Waals surface area contributed by atoms with Gasteiger partial charge in [-0.3, -0.25) is 4.98 Å². The van der Waals surface area contributed by atoms with Crippen LogP contribution in [-0.2, 0) is 4.74 Å². The summed E-state index contributed by atoms with van der Waals surface area (Å²) in [6.45, 7) is 5.56. The molecule has 0 amide bonds. The average molecular weight is 324 g/mol. The van der Waals surface area contributed by atoms with E-state index >= 15 is 0 Å². The molecule has 5 heteroatoms. The molecule has 3 aromatic rings. The van der Waals surface area contributed by atoms with Gasteiger partial charge in [-0.05, 0) is 62.7 Å². The Kier molecular flexibility index (Phi) is 4.01. The summed E-state index contributed by atoms with van der Waals surface area (Å²) in [7, 11) is 1.62. The highest BCUT2D eigenvalue weighted by molar-refractivity contribution is 5.95. The highest BCUT2D eigenvalue weighted by Crippen LogP contribution is 2.30. The topological polar surface area (TPSA) is 53.4 Å². The van der Waals surface area contributed by atoms with Crippen molar-refractivity contribution in [3.63, 3.8) is 0 Å². The van der Waals surface area contributed by atoms with Crippen LogP contribution in [0, 0.1) is 0 Å². The number of methoxy groups -OCH3 is 1. The molecule has 1 aromatic carbocycles. The van der Waals surface area contributed by atoms with Crippen LogP contribution in [0.3, 0.4) is 0 Å². The van der Waals surface area contributed by atoms with Crippen molar-refractivity contribution in [1.82, 2.24) is 9.55 Å². The maximum absolute atomic E-state index is 12.7. The SMILES string of the molecule is COc1ccc(-c2cc3cnccc3n2C(=O)OC(C)(C)C)cc1. The Balaban J connectivity index is 2.15. The zero-order valence-electron chi connectivity index (χ0n) is 14.2. The van der Waals surface area contributed by atoms with E-state index in [0.717, 1.165) is 27.9 Å². The minimum Gasteiger partial charge on any atom is -0.497 e. The van der Waals surface area contributed by atoms with Crippen molar-refractivity contribution in [2.45, 2.75) is 26.4 Å². The Bertz CT molecular complexity index is 874. The molecule has 0 saturated heterocycles. The number of nitrogens with zero attached hydrogens (tertiary/aromatic N) is 2. The highest BCUT2D eigenvalue weighted by atomic mass is 16.6. The second-order valence-corrected chi connectivity index (χ2v) is 6.51. The van der Waals surface area contributed by atoms with Gasteiger partial charge in [0.15, 0.2) is 0 Å². The van der Waals surface area contributed by atoms with Crippen LogP contribution in [-0.4, -0.2) is 28.4 Å². The maximum Gasteiger partial charge on any atom is 0.419 e. The summed E-state index contributed by atoms with van der Waals surface area (Å²) in [6.07, 6.45) is 3.00. The van der Waals surface area contributed by atoms with Crippen molar-refractivity contribution in [3.8, 4) is 17.0 Å². The van der Waals surface area contributed by atoms with E-state index in [2.05, 4.69) is 4.98 Å². The van der Waals surface area contributed by atoms with E-state index in [1.807, 2.05) is 57.2 Å². The molecule has 0 radical (unpaired) electrons. The third-order valence-corrected chi connectivity index (χ3v) is 3.56. The van der Waals surface area contributed by atoms with E-state index in [1.165, 1.54) is 0 Å². The zero-order chi connectivity index (χ0) is 17.3. The van der Waals surface area contributed by atoms with Crippen molar-refractivity contribution >= 4 is 17.0 Å². The summed E-state index contributed by atoms with van der Waals surface area (Å²) >= 11 is 0. The van der Waals surface area contributed by atoms with Gasteiger partial charge in [0.25, 0.3) is 0 Å². The van der Waals surface area contributed by atoms with Crippen molar-refractivity contribution in [2.24, 2.45) is 0 Å². The first-order chi connectivity index (χ1) is 11.4. The number of ether oxygens (including phenoxy) is 2. The molecule has 24 heavy (non-hydrogen) atoms. The summed E-state index contributed by atoms with van der Waals surface area (Å²) in [4.78, 5) is 16.9. The molecule has 0 aliphatic carbocycles. The van der Waals surface area contributed by atoms with E-state index < -0.39 is 11.7 Å². The van der Waals surface area contributed by atoms with Crippen LogP contribution in [0.25, 0.3) is 22.2 Å². The normalized spacial score (nSPS) is 11.5. The van der Waals surface area contributed by atoms with Crippen molar-refractivity contribution in [3.05, 3.63) is 48.8 Å². The number of pyridine rings is 1. The third-order valence-electron chi connectivity index (χ3n) is 3.56. The number of benzene rings is 1. The Hall–Kier alpha value is -2.82. The van der Waals surface area contributed by atoms with Gasteiger partial charge in [0.1, 0.15) is 11.4 Å². The molecule has 0 N–H and O–H groups in total. The monoisotopic (exact) mass is 324 g/mol. The fourth-order valence-electron chi connectivity index (χ4n) is 2.53. The Labute approximate surface area is 140 Å². The molecule has 0 aliphatic rings. The molecule has 0 spiro atoms. The second-order valence-electron chi connectivity index (χ2n) is 6.51. The van der Waals surface area contributed by atoms with E-state index in [1.54, 1.807) is 24.1 Å². The van der Waals surface area contributed by atoms with Gasteiger partial charge < -0.3 is 9.47 Å². The van der Waals surface area contributed by atoms with Crippen molar-refractivity contribution in [1.29, 1.82) is 0 Å². The zero-order valence-corrected chi connectivity index (χ0v) is 14.2. The molecule has 0 fully saturated rings. The minimum atomic E-state index is -0.572. The smallest absolute Gasteiger partial charge is 0.419 e. The lowest BCUT2D eigenvalue weighted by atomic mass is 10.1.